The average Bonchev–Trinajstić information content (AvgIpc) is 3.12. The Labute approximate surface area is 149 Å². The van der Waals surface area contributed by atoms with Crippen LogP contribution in [0.3, 0.4) is 0 Å². The van der Waals surface area contributed by atoms with E-state index in [0.717, 1.165) is 29.7 Å². The molecule has 0 fully saturated rings. The van der Waals surface area contributed by atoms with Gasteiger partial charge in [0.1, 0.15) is 5.00 Å². The highest BCUT2D eigenvalue weighted by Gasteiger charge is 2.32. The van der Waals surface area contributed by atoms with Gasteiger partial charge in [-0.05, 0) is 47.6 Å². The van der Waals surface area contributed by atoms with Gasteiger partial charge in [0.2, 0.25) is 0 Å². The molecule has 2 heterocycles. The predicted octanol–water partition coefficient (Wildman–Crippen LogP) is 3.58. The molecule has 2 aromatic rings. The highest BCUT2D eigenvalue weighted by molar-refractivity contribution is 7.17. The van der Waals surface area contributed by atoms with Gasteiger partial charge < -0.3 is 15.2 Å². The second-order valence-corrected chi connectivity index (χ2v) is 9.29. The maximum absolute atomic E-state index is 12.3. The van der Waals surface area contributed by atoms with E-state index in [1.807, 2.05) is 5.38 Å². The molecule has 0 saturated carbocycles. The fourth-order valence-corrected chi connectivity index (χ4v) is 5.13. The highest BCUT2D eigenvalue weighted by Crippen LogP contribution is 2.44. The number of aromatic carboxylic acids is 1. The summed E-state index contributed by atoms with van der Waals surface area (Å²) in [6.45, 7) is 6.65. The summed E-state index contributed by atoms with van der Waals surface area (Å²) in [4.78, 5) is 25.6. The fraction of sp³-hybridized carbons (Fsp3) is 0.444. The average molecular weight is 362 g/mol. The number of nitrogens with one attached hydrogen (secondary N) is 1. The van der Waals surface area contributed by atoms with E-state index in [9.17, 15) is 14.7 Å². The van der Waals surface area contributed by atoms with Gasteiger partial charge in [0.05, 0.1) is 10.8 Å². The van der Waals surface area contributed by atoms with Crippen LogP contribution in [0.1, 0.15) is 57.7 Å². The molecule has 1 aliphatic rings. The molecule has 0 spiro atoms. The highest BCUT2D eigenvalue weighted by atomic mass is 32.1. The lowest BCUT2D eigenvalue weighted by Gasteiger charge is -2.34. The normalized spacial score (nSPS) is 17.4. The number of carbonyl (C=O) groups excluding carboxylic acids is 2. The maximum Gasteiger partial charge on any atom is 0.266 e. The second kappa shape index (κ2) is 6.33. The first-order chi connectivity index (χ1) is 11.3. The summed E-state index contributed by atoms with van der Waals surface area (Å²) < 4.78 is 0. The van der Waals surface area contributed by atoms with Gasteiger partial charge in [0.25, 0.3) is 5.91 Å². The quantitative estimate of drug-likeness (QED) is 0.907. The van der Waals surface area contributed by atoms with Crippen molar-refractivity contribution in [3.05, 3.63) is 38.4 Å². The Morgan fingerprint density at radius 1 is 1.33 bits per heavy atom. The Morgan fingerprint density at radius 2 is 2.08 bits per heavy atom. The molecule has 0 bridgehead atoms. The van der Waals surface area contributed by atoms with Crippen molar-refractivity contribution in [1.82, 2.24) is 0 Å². The number of carboxylic acid groups (broad SMARTS) is 1. The van der Waals surface area contributed by atoms with Crippen LogP contribution in [0.2, 0.25) is 0 Å². The molecule has 128 valence electrons. The van der Waals surface area contributed by atoms with Crippen LogP contribution in [0.5, 0.6) is 0 Å². The predicted molar refractivity (Wildman–Crippen MR) is 95.9 cm³/mol. The summed E-state index contributed by atoms with van der Waals surface area (Å²) in [7, 11) is 0. The summed E-state index contributed by atoms with van der Waals surface area (Å²) in [6, 6.07) is 3.52. The summed E-state index contributed by atoms with van der Waals surface area (Å²) >= 11 is 2.72. The molecule has 1 N–H and O–H groups in total. The van der Waals surface area contributed by atoms with Crippen LogP contribution in [0.25, 0.3) is 0 Å². The molecule has 1 atom stereocenters. The lowest BCUT2D eigenvalue weighted by Crippen LogP contribution is -2.29. The lowest BCUT2D eigenvalue weighted by atomic mass is 9.72. The minimum Gasteiger partial charge on any atom is -0.545 e. The lowest BCUT2D eigenvalue weighted by molar-refractivity contribution is -0.254. The molecule has 24 heavy (non-hydrogen) atoms. The topological polar surface area (TPSA) is 69.2 Å². The summed E-state index contributed by atoms with van der Waals surface area (Å²) in [5.41, 5.74) is 1.21. The van der Waals surface area contributed by atoms with Crippen molar-refractivity contribution in [2.75, 3.05) is 5.32 Å². The number of hydrogen-bond acceptors (Lipinski definition) is 5. The van der Waals surface area contributed by atoms with E-state index in [1.165, 1.54) is 22.7 Å². The van der Waals surface area contributed by atoms with Gasteiger partial charge in [-0.1, -0.05) is 26.8 Å². The van der Waals surface area contributed by atoms with Crippen LogP contribution in [-0.4, -0.2) is 11.9 Å². The van der Waals surface area contributed by atoms with Crippen molar-refractivity contribution in [3.8, 4) is 0 Å². The molecule has 0 unspecified atom stereocenters. The van der Waals surface area contributed by atoms with Gasteiger partial charge >= 0.3 is 0 Å². The van der Waals surface area contributed by atoms with Gasteiger partial charge in [-0.25, -0.2) is 0 Å². The van der Waals surface area contributed by atoms with Crippen molar-refractivity contribution in [2.45, 2.75) is 40.0 Å². The van der Waals surface area contributed by atoms with Gasteiger partial charge in [-0.2, -0.15) is 0 Å². The standard InChI is InChI=1S/C18H21NO3S2/c1-18(2,3)10-6-7-11-13(9-10)24-16(14(11)17(21)22)19-15(20)12-5-4-8-23-12/h4-5,8,10H,6-7,9H2,1-3H3,(H,19,20)(H,21,22)/p-1/t10-/m1/s1. The molecular weight excluding hydrogens is 342 g/mol. The monoisotopic (exact) mass is 362 g/mol. The Balaban J connectivity index is 1.92. The second-order valence-electron chi connectivity index (χ2n) is 7.23. The third kappa shape index (κ3) is 3.26. The Morgan fingerprint density at radius 3 is 2.67 bits per heavy atom. The largest absolute Gasteiger partial charge is 0.545 e. The van der Waals surface area contributed by atoms with Gasteiger partial charge in [0, 0.05) is 10.4 Å². The number of hydrogen-bond donors (Lipinski definition) is 1. The number of carboxylic acids is 1. The Kier molecular flexibility index (Phi) is 4.53. The minimum absolute atomic E-state index is 0.173. The zero-order chi connectivity index (χ0) is 17.5. The zero-order valence-corrected chi connectivity index (χ0v) is 15.6. The third-order valence-electron chi connectivity index (χ3n) is 4.67. The van der Waals surface area contributed by atoms with Crippen molar-refractivity contribution >= 4 is 39.6 Å². The number of thiophene rings is 2. The molecule has 1 amide bonds. The molecule has 0 aliphatic heterocycles. The van der Waals surface area contributed by atoms with E-state index in [4.69, 9.17) is 0 Å². The molecule has 3 rings (SSSR count). The van der Waals surface area contributed by atoms with Gasteiger partial charge in [0.15, 0.2) is 0 Å². The smallest absolute Gasteiger partial charge is 0.266 e. The molecular formula is C18H20NO3S2-. The van der Waals surface area contributed by atoms with Crippen molar-refractivity contribution in [3.63, 3.8) is 0 Å². The molecule has 4 nitrogen and oxygen atoms in total. The van der Waals surface area contributed by atoms with Crippen LogP contribution in [0.4, 0.5) is 5.00 Å². The van der Waals surface area contributed by atoms with Gasteiger partial charge in [-0.15, -0.1) is 22.7 Å². The Bertz CT molecular complexity index is 769. The van der Waals surface area contributed by atoms with Crippen LogP contribution in [0, 0.1) is 11.3 Å². The van der Waals surface area contributed by atoms with Crippen molar-refractivity contribution in [2.24, 2.45) is 11.3 Å². The summed E-state index contributed by atoms with van der Waals surface area (Å²) in [5, 5.41) is 16.7. The molecule has 1 aliphatic carbocycles. The number of amides is 1. The van der Waals surface area contributed by atoms with E-state index in [2.05, 4.69) is 26.1 Å². The molecule has 0 saturated heterocycles. The first-order valence-corrected chi connectivity index (χ1v) is 9.67. The summed E-state index contributed by atoms with van der Waals surface area (Å²) in [6.07, 6.45) is 2.55. The molecule has 0 aromatic carbocycles. The zero-order valence-electron chi connectivity index (χ0n) is 14.0. The summed E-state index contributed by atoms with van der Waals surface area (Å²) in [5.74, 6) is -0.958. The fourth-order valence-electron chi connectivity index (χ4n) is 3.20. The van der Waals surface area contributed by atoms with Crippen LogP contribution in [0.15, 0.2) is 17.5 Å². The minimum atomic E-state index is -1.21. The maximum atomic E-state index is 12.3. The van der Waals surface area contributed by atoms with Crippen LogP contribution < -0.4 is 10.4 Å². The van der Waals surface area contributed by atoms with Crippen molar-refractivity contribution in [1.29, 1.82) is 0 Å². The van der Waals surface area contributed by atoms with E-state index >= 15 is 0 Å². The molecule has 6 heteroatoms. The van der Waals surface area contributed by atoms with E-state index < -0.39 is 5.97 Å². The number of fused-ring (bicyclic) bond motifs is 1. The SMILES string of the molecule is CC(C)(C)[C@@H]1CCc2c(sc(NC(=O)c3cccs3)c2C(=O)[O-])C1. The number of rotatable bonds is 3. The van der Waals surface area contributed by atoms with E-state index in [1.54, 1.807) is 12.1 Å². The van der Waals surface area contributed by atoms with Crippen LogP contribution in [-0.2, 0) is 12.8 Å². The first-order valence-electron chi connectivity index (χ1n) is 7.98. The number of carbonyl (C=O) groups is 2. The van der Waals surface area contributed by atoms with E-state index in [0.29, 0.717) is 15.8 Å². The van der Waals surface area contributed by atoms with Gasteiger partial charge in [-0.3, -0.25) is 4.79 Å². The molecule has 0 radical (unpaired) electrons. The Hall–Kier alpha value is -1.66. The van der Waals surface area contributed by atoms with E-state index in [-0.39, 0.29) is 16.9 Å². The van der Waals surface area contributed by atoms with Crippen LogP contribution >= 0.6 is 22.7 Å². The number of anilines is 1. The van der Waals surface area contributed by atoms with Crippen molar-refractivity contribution < 1.29 is 14.7 Å². The molecule has 2 aromatic heterocycles. The first kappa shape index (κ1) is 17.2. The third-order valence-corrected chi connectivity index (χ3v) is 6.70.